The molecule has 2 aliphatic rings. The molecule has 0 spiro atoms. The zero-order valence-corrected chi connectivity index (χ0v) is 22.3. The zero-order valence-electron chi connectivity index (χ0n) is 22.3. The molecule has 4 rings (SSSR count). The number of hydrogen-bond acceptors (Lipinski definition) is 8. The van der Waals surface area contributed by atoms with Crippen molar-refractivity contribution in [2.75, 3.05) is 26.4 Å². The Morgan fingerprint density at radius 1 is 0.730 bits per heavy atom. The van der Waals surface area contributed by atoms with E-state index in [0.29, 0.717) is 39.3 Å². The van der Waals surface area contributed by atoms with Crippen LogP contribution in [0.25, 0.3) is 0 Å². The van der Waals surface area contributed by atoms with Crippen LogP contribution in [0.3, 0.4) is 0 Å². The van der Waals surface area contributed by atoms with Gasteiger partial charge < -0.3 is 38.6 Å². The first-order chi connectivity index (χ1) is 17.6. The van der Waals surface area contributed by atoms with Crippen molar-refractivity contribution in [2.24, 2.45) is 0 Å². The molecule has 0 saturated carbocycles. The highest BCUT2D eigenvalue weighted by atomic mass is 16.9. The van der Waals surface area contributed by atoms with Crippen LogP contribution in [0.15, 0.2) is 48.5 Å². The second kappa shape index (κ2) is 11.7. The van der Waals surface area contributed by atoms with Gasteiger partial charge in [-0.05, 0) is 48.2 Å². The molecule has 2 heterocycles. The Morgan fingerprint density at radius 3 is 1.46 bits per heavy atom. The van der Waals surface area contributed by atoms with Gasteiger partial charge >= 0.3 is 0 Å². The van der Waals surface area contributed by atoms with E-state index in [-0.39, 0.29) is 17.6 Å². The lowest BCUT2D eigenvalue weighted by Crippen LogP contribution is -2.31. The third-order valence-corrected chi connectivity index (χ3v) is 6.85. The van der Waals surface area contributed by atoms with Gasteiger partial charge in [-0.3, -0.25) is 0 Å². The van der Waals surface area contributed by atoms with Crippen molar-refractivity contribution in [1.82, 2.24) is 0 Å². The summed E-state index contributed by atoms with van der Waals surface area (Å²) in [7, 11) is 0. The van der Waals surface area contributed by atoms with Crippen LogP contribution in [0.2, 0.25) is 0 Å². The van der Waals surface area contributed by atoms with E-state index in [9.17, 15) is 10.2 Å². The van der Waals surface area contributed by atoms with Crippen LogP contribution >= 0.6 is 0 Å². The number of ether oxygens (including phenoxy) is 6. The van der Waals surface area contributed by atoms with E-state index in [1.54, 1.807) is 0 Å². The number of rotatable bonds is 12. The molecule has 204 valence electrons. The molecule has 0 aliphatic carbocycles. The van der Waals surface area contributed by atoms with E-state index in [1.165, 1.54) is 0 Å². The first-order valence-electron chi connectivity index (χ1n) is 13.2. The lowest BCUT2D eigenvalue weighted by Gasteiger charge is -2.26. The zero-order chi connectivity index (χ0) is 26.5. The highest BCUT2D eigenvalue weighted by molar-refractivity contribution is 5.41. The monoisotopic (exact) mass is 516 g/mol. The molecule has 2 fully saturated rings. The molecule has 2 aliphatic heterocycles. The van der Waals surface area contributed by atoms with E-state index in [2.05, 4.69) is 38.1 Å². The Hall–Kier alpha value is -2.20. The summed E-state index contributed by atoms with van der Waals surface area (Å²) in [5.74, 6) is -1.50. The highest BCUT2D eigenvalue weighted by Crippen LogP contribution is 2.34. The van der Waals surface area contributed by atoms with Gasteiger partial charge in [0, 0.05) is 18.3 Å². The normalized spacial score (nSPS) is 27.9. The minimum atomic E-state index is -1.49. The summed E-state index contributed by atoms with van der Waals surface area (Å²) in [6.07, 6.45) is 1.81. The SMILES string of the molecule is CCCC1(O)OCC(COc2ccc(C(C)(C)c3ccc(OCC4COC(O)(CCC)O4)cc3)cc2)O1. The second-order valence-electron chi connectivity index (χ2n) is 10.3. The maximum absolute atomic E-state index is 10.2. The smallest absolute Gasteiger partial charge is 0.280 e. The van der Waals surface area contributed by atoms with Crippen molar-refractivity contribution < 1.29 is 38.6 Å². The molecule has 0 amide bonds. The van der Waals surface area contributed by atoms with E-state index in [1.807, 2.05) is 38.1 Å². The van der Waals surface area contributed by atoms with Gasteiger partial charge in [-0.15, -0.1) is 0 Å². The predicted octanol–water partition coefficient (Wildman–Crippen LogP) is 4.49. The van der Waals surface area contributed by atoms with Gasteiger partial charge in [0.15, 0.2) is 0 Å². The van der Waals surface area contributed by atoms with Crippen molar-refractivity contribution >= 4 is 0 Å². The van der Waals surface area contributed by atoms with Crippen LogP contribution in [-0.4, -0.2) is 60.8 Å². The van der Waals surface area contributed by atoms with Gasteiger partial charge in [0.2, 0.25) is 0 Å². The predicted molar refractivity (Wildman–Crippen MR) is 137 cm³/mol. The van der Waals surface area contributed by atoms with E-state index < -0.39 is 11.9 Å². The molecule has 2 aromatic carbocycles. The first kappa shape index (κ1) is 27.8. The molecule has 0 aromatic heterocycles. The molecular formula is C29H40O8. The third-order valence-electron chi connectivity index (χ3n) is 6.85. The van der Waals surface area contributed by atoms with Gasteiger partial charge in [-0.1, -0.05) is 52.0 Å². The largest absolute Gasteiger partial charge is 0.491 e. The average molecular weight is 517 g/mol. The van der Waals surface area contributed by atoms with Gasteiger partial charge in [0.1, 0.15) is 36.9 Å². The molecule has 37 heavy (non-hydrogen) atoms. The lowest BCUT2D eigenvalue weighted by atomic mass is 9.78. The summed E-state index contributed by atoms with van der Waals surface area (Å²) in [5.41, 5.74) is 2.07. The number of benzene rings is 2. The second-order valence-corrected chi connectivity index (χ2v) is 10.3. The van der Waals surface area contributed by atoms with Crippen LogP contribution in [0.1, 0.15) is 64.5 Å². The number of aliphatic hydroxyl groups is 2. The Balaban J connectivity index is 1.28. The molecule has 8 heteroatoms. The quantitative estimate of drug-likeness (QED) is 0.426. The maximum Gasteiger partial charge on any atom is 0.280 e. The lowest BCUT2D eigenvalue weighted by molar-refractivity contribution is -0.316. The Bertz CT molecular complexity index is 912. The molecule has 2 N–H and O–H groups in total. The fraction of sp³-hybridized carbons (Fsp3) is 0.586. The van der Waals surface area contributed by atoms with Gasteiger partial charge in [0.25, 0.3) is 11.9 Å². The van der Waals surface area contributed by atoms with Crippen LogP contribution in [-0.2, 0) is 24.4 Å². The van der Waals surface area contributed by atoms with Crippen molar-refractivity contribution in [3.8, 4) is 11.5 Å². The summed E-state index contributed by atoms with van der Waals surface area (Å²) in [6.45, 7) is 9.53. The molecule has 4 unspecified atom stereocenters. The standard InChI is InChI=1S/C29H40O8/c1-5-15-28(30)34-19-25(36-28)17-32-23-11-7-21(8-12-23)27(3,4)22-9-13-24(14-10-22)33-18-26-20-35-29(31,37-26)16-6-2/h7-14,25-26,30-31H,5-6,15-20H2,1-4H3. The Morgan fingerprint density at radius 2 is 1.11 bits per heavy atom. The van der Waals surface area contributed by atoms with E-state index in [4.69, 9.17) is 28.4 Å². The molecule has 0 bridgehead atoms. The van der Waals surface area contributed by atoms with Crippen molar-refractivity contribution in [1.29, 1.82) is 0 Å². The molecular weight excluding hydrogens is 476 g/mol. The number of hydrogen-bond donors (Lipinski definition) is 2. The minimum absolute atomic E-state index is 0.227. The van der Waals surface area contributed by atoms with Crippen LogP contribution in [0.5, 0.6) is 11.5 Å². The highest BCUT2D eigenvalue weighted by Gasteiger charge is 2.40. The summed E-state index contributed by atoms with van der Waals surface area (Å²) < 4.78 is 33.7. The van der Waals surface area contributed by atoms with Crippen molar-refractivity contribution in [3.05, 3.63) is 59.7 Å². The van der Waals surface area contributed by atoms with Crippen molar-refractivity contribution in [3.63, 3.8) is 0 Å². The Kier molecular flexibility index (Phi) is 8.78. The molecule has 4 atom stereocenters. The summed E-state index contributed by atoms with van der Waals surface area (Å²) >= 11 is 0. The molecule has 2 saturated heterocycles. The van der Waals surface area contributed by atoms with Crippen LogP contribution in [0, 0.1) is 0 Å². The topological polar surface area (TPSA) is 95.8 Å². The van der Waals surface area contributed by atoms with E-state index in [0.717, 1.165) is 35.5 Å². The van der Waals surface area contributed by atoms with Crippen LogP contribution in [0.4, 0.5) is 0 Å². The van der Waals surface area contributed by atoms with Crippen molar-refractivity contribution in [2.45, 2.75) is 82.9 Å². The molecule has 8 nitrogen and oxygen atoms in total. The first-order valence-corrected chi connectivity index (χ1v) is 13.2. The Labute approximate surface area is 219 Å². The molecule has 2 aromatic rings. The summed E-state index contributed by atoms with van der Waals surface area (Å²) in [6, 6.07) is 16.1. The van der Waals surface area contributed by atoms with Gasteiger partial charge in [-0.25, -0.2) is 0 Å². The van der Waals surface area contributed by atoms with Crippen LogP contribution < -0.4 is 9.47 Å². The summed E-state index contributed by atoms with van der Waals surface area (Å²) in [5, 5.41) is 20.4. The molecule has 0 radical (unpaired) electrons. The fourth-order valence-electron chi connectivity index (χ4n) is 4.64. The summed E-state index contributed by atoms with van der Waals surface area (Å²) in [4.78, 5) is 0. The third kappa shape index (κ3) is 7.02. The van der Waals surface area contributed by atoms with Gasteiger partial charge in [0.05, 0.1) is 13.2 Å². The fourth-order valence-corrected chi connectivity index (χ4v) is 4.64. The van der Waals surface area contributed by atoms with E-state index >= 15 is 0 Å². The maximum atomic E-state index is 10.2. The van der Waals surface area contributed by atoms with Gasteiger partial charge in [-0.2, -0.15) is 0 Å². The minimum Gasteiger partial charge on any atom is -0.491 e. The average Bonchev–Trinajstić information content (AvgIpc) is 3.44.